The van der Waals surface area contributed by atoms with Crippen LogP contribution in [0.3, 0.4) is 0 Å². The summed E-state index contributed by atoms with van der Waals surface area (Å²) in [5.74, 6) is 1.46. The molecule has 1 N–H and O–H groups in total. The van der Waals surface area contributed by atoms with Crippen LogP contribution in [0.15, 0.2) is 48.5 Å². The Morgan fingerprint density at radius 1 is 1.10 bits per heavy atom. The Bertz CT molecular complexity index is 556. The summed E-state index contributed by atoms with van der Waals surface area (Å²) in [7, 11) is 0. The van der Waals surface area contributed by atoms with Gasteiger partial charge in [0, 0.05) is 5.92 Å². The van der Waals surface area contributed by atoms with E-state index < -0.39 is 0 Å². The van der Waals surface area contributed by atoms with Crippen molar-refractivity contribution in [3.05, 3.63) is 59.7 Å². The Kier molecular flexibility index (Phi) is 3.61. The van der Waals surface area contributed by atoms with Crippen molar-refractivity contribution < 1.29 is 14.6 Å². The minimum Gasteiger partial charge on any atom is -0.508 e. The number of hydrogen-bond acceptors (Lipinski definition) is 3. The van der Waals surface area contributed by atoms with Crippen LogP contribution in [0.1, 0.15) is 24.0 Å². The molecule has 1 saturated heterocycles. The SMILES string of the molecule is CC(c1ccc(O)cc1)c1ccc(OCC2CO2)cc1. The maximum absolute atomic E-state index is 9.33. The highest BCUT2D eigenvalue weighted by molar-refractivity contribution is 5.37. The van der Waals surface area contributed by atoms with Gasteiger partial charge in [-0.3, -0.25) is 0 Å². The fourth-order valence-electron chi connectivity index (χ4n) is 2.16. The van der Waals surface area contributed by atoms with Crippen molar-refractivity contribution in [1.82, 2.24) is 0 Å². The highest BCUT2D eigenvalue weighted by Gasteiger charge is 2.23. The van der Waals surface area contributed by atoms with Crippen LogP contribution in [-0.2, 0) is 4.74 Å². The second-order valence-electron chi connectivity index (χ2n) is 5.15. The van der Waals surface area contributed by atoms with Crippen LogP contribution in [-0.4, -0.2) is 24.4 Å². The molecule has 20 heavy (non-hydrogen) atoms. The van der Waals surface area contributed by atoms with Gasteiger partial charge in [-0.2, -0.15) is 0 Å². The normalized spacial score (nSPS) is 18.6. The summed E-state index contributed by atoms with van der Waals surface area (Å²) in [6, 6.07) is 15.5. The van der Waals surface area contributed by atoms with Gasteiger partial charge in [0.2, 0.25) is 0 Å². The van der Waals surface area contributed by atoms with Crippen molar-refractivity contribution in [3.8, 4) is 11.5 Å². The number of epoxide rings is 1. The van der Waals surface area contributed by atoms with E-state index in [0.717, 1.165) is 12.4 Å². The summed E-state index contributed by atoms with van der Waals surface area (Å²) in [5.41, 5.74) is 2.41. The lowest BCUT2D eigenvalue weighted by Gasteiger charge is -2.13. The minimum atomic E-state index is 0.283. The van der Waals surface area contributed by atoms with Gasteiger partial charge in [0.15, 0.2) is 0 Å². The molecule has 0 amide bonds. The van der Waals surface area contributed by atoms with Crippen molar-refractivity contribution in [1.29, 1.82) is 0 Å². The van der Waals surface area contributed by atoms with Gasteiger partial charge in [-0.1, -0.05) is 31.2 Å². The van der Waals surface area contributed by atoms with E-state index >= 15 is 0 Å². The molecule has 3 nitrogen and oxygen atoms in total. The van der Waals surface area contributed by atoms with Gasteiger partial charge in [-0.25, -0.2) is 0 Å². The van der Waals surface area contributed by atoms with Crippen LogP contribution in [0.25, 0.3) is 0 Å². The van der Waals surface area contributed by atoms with Crippen molar-refractivity contribution in [3.63, 3.8) is 0 Å². The first kappa shape index (κ1) is 13.0. The molecular weight excluding hydrogens is 252 g/mol. The van der Waals surface area contributed by atoms with Crippen molar-refractivity contribution in [2.75, 3.05) is 13.2 Å². The van der Waals surface area contributed by atoms with E-state index in [-0.39, 0.29) is 12.0 Å². The molecule has 0 saturated carbocycles. The lowest BCUT2D eigenvalue weighted by molar-refractivity contribution is 0.263. The van der Waals surface area contributed by atoms with E-state index in [1.165, 1.54) is 11.1 Å². The number of rotatable bonds is 5. The van der Waals surface area contributed by atoms with E-state index in [0.29, 0.717) is 12.4 Å². The van der Waals surface area contributed by atoms with Gasteiger partial charge >= 0.3 is 0 Å². The zero-order chi connectivity index (χ0) is 13.9. The topological polar surface area (TPSA) is 42.0 Å². The van der Waals surface area contributed by atoms with Crippen molar-refractivity contribution >= 4 is 0 Å². The third-order valence-electron chi connectivity index (χ3n) is 3.61. The van der Waals surface area contributed by atoms with Crippen LogP contribution < -0.4 is 4.74 Å². The first-order valence-electron chi connectivity index (χ1n) is 6.85. The molecule has 1 heterocycles. The second kappa shape index (κ2) is 5.55. The van der Waals surface area contributed by atoms with Crippen LogP contribution in [0.2, 0.25) is 0 Å². The molecule has 0 aromatic heterocycles. The monoisotopic (exact) mass is 270 g/mol. The average molecular weight is 270 g/mol. The van der Waals surface area contributed by atoms with Crippen LogP contribution in [0, 0.1) is 0 Å². The molecule has 1 fully saturated rings. The molecular formula is C17H18O3. The Morgan fingerprint density at radius 2 is 1.65 bits per heavy atom. The number of benzene rings is 2. The molecule has 1 aliphatic rings. The summed E-state index contributed by atoms with van der Waals surface area (Å²) in [6.07, 6.45) is 0.283. The lowest BCUT2D eigenvalue weighted by atomic mass is 9.93. The van der Waals surface area contributed by atoms with E-state index in [2.05, 4.69) is 19.1 Å². The Balaban J connectivity index is 1.67. The predicted molar refractivity (Wildman–Crippen MR) is 77.3 cm³/mol. The van der Waals surface area contributed by atoms with Gasteiger partial charge in [-0.15, -0.1) is 0 Å². The molecule has 2 atom stereocenters. The van der Waals surface area contributed by atoms with Gasteiger partial charge in [0.1, 0.15) is 24.2 Å². The van der Waals surface area contributed by atoms with Gasteiger partial charge < -0.3 is 14.6 Å². The Labute approximate surface area is 118 Å². The van der Waals surface area contributed by atoms with E-state index in [1.807, 2.05) is 24.3 Å². The number of aromatic hydroxyl groups is 1. The smallest absolute Gasteiger partial charge is 0.119 e. The third-order valence-corrected chi connectivity index (χ3v) is 3.61. The number of phenolic OH excluding ortho intramolecular Hbond substituents is 1. The molecule has 3 heteroatoms. The van der Waals surface area contributed by atoms with Crippen molar-refractivity contribution in [2.45, 2.75) is 18.9 Å². The molecule has 2 aromatic carbocycles. The van der Waals surface area contributed by atoms with Crippen LogP contribution in [0.5, 0.6) is 11.5 Å². The lowest BCUT2D eigenvalue weighted by Crippen LogP contribution is -2.04. The quantitative estimate of drug-likeness (QED) is 0.847. The number of ether oxygens (including phenoxy) is 2. The largest absolute Gasteiger partial charge is 0.508 e. The number of phenols is 1. The van der Waals surface area contributed by atoms with Crippen LogP contribution >= 0.6 is 0 Å². The molecule has 0 spiro atoms. The molecule has 1 aliphatic heterocycles. The molecule has 0 bridgehead atoms. The standard InChI is InChI=1S/C17H18O3/c1-12(13-2-6-15(18)7-3-13)14-4-8-16(9-5-14)19-10-17-11-20-17/h2-9,12,17-18H,10-11H2,1H3. The first-order chi connectivity index (χ1) is 9.72. The zero-order valence-electron chi connectivity index (χ0n) is 11.5. The first-order valence-corrected chi connectivity index (χ1v) is 6.85. The van der Waals surface area contributed by atoms with Crippen molar-refractivity contribution in [2.24, 2.45) is 0 Å². The molecule has 0 radical (unpaired) electrons. The maximum Gasteiger partial charge on any atom is 0.119 e. The van der Waals surface area contributed by atoms with Gasteiger partial charge in [-0.05, 0) is 35.4 Å². The molecule has 0 aliphatic carbocycles. The fraction of sp³-hybridized carbons (Fsp3) is 0.294. The molecule has 3 rings (SSSR count). The van der Waals surface area contributed by atoms with E-state index in [9.17, 15) is 5.11 Å². The summed E-state index contributed by atoms with van der Waals surface area (Å²) >= 11 is 0. The van der Waals surface area contributed by atoms with E-state index in [1.54, 1.807) is 12.1 Å². The number of hydrogen-bond donors (Lipinski definition) is 1. The summed E-state index contributed by atoms with van der Waals surface area (Å²) in [4.78, 5) is 0. The Morgan fingerprint density at radius 3 is 2.20 bits per heavy atom. The van der Waals surface area contributed by atoms with Gasteiger partial charge in [0.25, 0.3) is 0 Å². The molecule has 104 valence electrons. The molecule has 2 aromatic rings. The predicted octanol–water partition coefficient (Wildman–Crippen LogP) is 3.32. The average Bonchev–Trinajstić information content (AvgIpc) is 3.30. The highest BCUT2D eigenvalue weighted by Crippen LogP contribution is 2.27. The summed E-state index contributed by atoms with van der Waals surface area (Å²) < 4.78 is 10.7. The summed E-state index contributed by atoms with van der Waals surface area (Å²) in [6.45, 7) is 3.60. The van der Waals surface area contributed by atoms with Crippen LogP contribution in [0.4, 0.5) is 0 Å². The highest BCUT2D eigenvalue weighted by atomic mass is 16.6. The second-order valence-corrected chi connectivity index (χ2v) is 5.15. The molecule has 2 unspecified atom stereocenters. The van der Waals surface area contributed by atoms with Gasteiger partial charge in [0.05, 0.1) is 6.61 Å². The minimum absolute atomic E-state index is 0.283. The maximum atomic E-state index is 9.33. The summed E-state index contributed by atoms with van der Waals surface area (Å²) in [5, 5.41) is 9.33. The Hall–Kier alpha value is -2.00. The zero-order valence-corrected chi connectivity index (χ0v) is 11.5. The van der Waals surface area contributed by atoms with E-state index in [4.69, 9.17) is 9.47 Å². The fourth-order valence-corrected chi connectivity index (χ4v) is 2.16. The third kappa shape index (κ3) is 3.11.